The maximum Gasteiger partial charge on any atom is 0.186 e. The van der Waals surface area contributed by atoms with Gasteiger partial charge in [0.1, 0.15) is 5.60 Å². The molecule has 1 saturated heterocycles. The third kappa shape index (κ3) is 1.69. The number of hydrogen-bond acceptors (Lipinski definition) is 2. The molecule has 0 spiro atoms. The maximum absolute atomic E-state index is 11.2. The van der Waals surface area contributed by atoms with Crippen LogP contribution in [0.25, 0.3) is 0 Å². The van der Waals surface area contributed by atoms with Crippen LogP contribution in [0.1, 0.15) is 26.2 Å². The lowest BCUT2D eigenvalue weighted by molar-refractivity contribution is -0.142. The van der Waals surface area contributed by atoms with Crippen LogP contribution in [0.4, 0.5) is 0 Å². The van der Waals surface area contributed by atoms with Crippen molar-refractivity contribution < 1.29 is 9.53 Å². The lowest BCUT2D eigenvalue weighted by atomic mass is 9.91. The molecular formula is C9H14O2. The zero-order valence-electron chi connectivity index (χ0n) is 6.93. The van der Waals surface area contributed by atoms with E-state index in [2.05, 4.69) is 6.58 Å². The topological polar surface area (TPSA) is 26.3 Å². The van der Waals surface area contributed by atoms with Crippen LogP contribution in [0.15, 0.2) is 12.7 Å². The summed E-state index contributed by atoms with van der Waals surface area (Å²) in [6.45, 7) is 6.00. The normalized spacial score (nSPS) is 31.4. The quantitative estimate of drug-likeness (QED) is 0.566. The number of carbonyl (C=O) groups excluding carboxylic acids is 1. The van der Waals surface area contributed by atoms with E-state index < -0.39 is 5.60 Å². The van der Waals surface area contributed by atoms with E-state index in [0.29, 0.717) is 6.61 Å². The molecule has 0 aromatic carbocycles. The van der Waals surface area contributed by atoms with Crippen LogP contribution in [0.2, 0.25) is 0 Å². The van der Waals surface area contributed by atoms with Crippen molar-refractivity contribution in [3.8, 4) is 0 Å². The largest absolute Gasteiger partial charge is 0.367 e. The van der Waals surface area contributed by atoms with Crippen molar-refractivity contribution in [1.82, 2.24) is 0 Å². The first-order chi connectivity index (χ1) is 5.19. The summed E-state index contributed by atoms with van der Waals surface area (Å²) in [5.74, 6) is 0.0113. The van der Waals surface area contributed by atoms with Gasteiger partial charge in [-0.15, -0.1) is 0 Å². The summed E-state index contributed by atoms with van der Waals surface area (Å²) in [6, 6.07) is 0. The highest BCUT2D eigenvalue weighted by molar-refractivity contribution is 5.96. The van der Waals surface area contributed by atoms with E-state index in [1.54, 1.807) is 0 Å². The monoisotopic (exact) mass is 154 g/mol. The maximum atomic E-state index is 11.2. The van der Waals surface area contributed by atoms with Gasteiger partial charge in [0.15, 0.2) is 5.78 Å². The van der Waals surface area contributed by atoms with E-state index in [1.807, 2.05) is 6.92 Å². The number of ether oxygens (including phenoxy) is 1. The first-order valence-electron chi connectivity index (χ1n) is 4.00. The average molecular weight is 154 g/mol. The lowest BCUT2D eigenvalue weighted by Gasteiger charge is -2.31. The summed E-state index contributed by atoms with van der Waals surface area (Å²) in [4.78, 5) is 11.2. The molecule has 0 aromatic rings. The zero-order chi connectivity index (χ0) is 8.32. The van der Waals surface area contributed by atoms with Gasteiger partial charge in [0.05, 0.1) is 0 Å². The second kappa shape index (κ2) is 3.18. The summed E-state index contributed by atoms with van der Waals surface area (Å²) in [5, 5.41) is 0. The Morgan fingerprint density at radius 3 is 2.82 bits per heavy atom. The first kappa shape index (κ1) is 8.47. The van der Waals surface area contributed by atoms with E-state index in [1.165, 1.54) is 6.08 Å². The van der Waals surface area contributed by atoms with Crippen LogP contribution < -0.4 is 0 Å². The molecule has 1 atom stereocenters. The Morgan fingerprint density at radius 2 is 2.36 bits per heavy atom. The van der Waals surface area contributed by atoms with Crippen molar-refractivity contribution in [2.45, 2.75) is 31.8 Å². The van der Waals surface area contributed by atoms with Crippen molar-refractivity contribution in [1.29, 1.82) is 0 Å². The van der Waals surface area contributed by atoms with Crippen LogP contribution in [0.3, 0.4) is 0 Å². The first-order valence-corrected chi connectivity index (χ1v) is 4.00. The number of hydrogen-bond donors (Lipinski definition) is 0. The zero-order valence-corrected chi connectivity index (χ0v) is 6.93. The molecule has 2 heteroatoms. The molecule has 0 bridgehead atoms. The summed E-state index contributed by atoms with van der Waals surface area (Å²) < 4.78 is 5.40. The van der Waals surface area contributed by atoms with E-state index in [9.17, 15) is 4.79 Å². The molecule has 0 aromatic heterocycles. The van der Waals surface area contributed by atoms with Crippen LogP contribution in [0, 0.1) is 0 Å². The molecule has 1 heterocycles. The van der Waals surface area contributed by atoms with Crippen molar-refractivity contribution in [3.63, 3.8) is 0 Å². The fourth-order valence-electron chi connectivity index (χ4n) is 1.34. The molecule has 1 unspecified atom stereocenters. The summed E-state index contributed by atoms with van der Waals surface area (Å²) in [5.41, 5.74) is -0.569. The smallest absolute Gasteiger partial charge is 0.186 e. The lowest BCUT2D eigenvalue weighted by Crippen LogP contribution is -2.40. The molecule has 0 saturated carbocycles. The van der Waals surface area contributed by atoms with E-state index in [-0.39, 0.29) is 5.78 Å². The molecule has 2 nitrogen and oxygen atoms in total. The molecule has 62 valence electrons. The highest BCUT2D eigenvalue weighted by Crippen LogP contribution is 2.25. The average Bonchev–Trinajstić information content (AvgIpc) is 2.04. The molecular weight excluding hydrogens is 140 g/mol. The minimum Gasteiger partial charge on any atom is -0.367 e. The Hall–Kier alpha value is -0.630. The van der Waals surface area contributed by atoms with Crippen LogP contribution in [-0.4, -0.2) is 18.0 Å². The van der Waals surface area contributed by atoms with Crippen LogP contribution in [-0.2, 0) is 9.53 Å². The Labute approximate surface area is 67.2 Å². The predicted molar refractivity (Wildman–Crippen MR) is 43.4 cm³/mol. The van der Waals surface area contributed by atoms with Gasteiger partial charge in [-0.1, -0.05) is 6.58 Å². The fourth-order valence-corrected chi connectivity index (χ4v) is 1.34. The molecule has 1 aliphatic rings. The number of rotatable bonds is 2. The van der Waals surface area contributed by atoms with Crippen molar-refractivity contribution >= 4 is 5.78 Å². The highest BCUT2D eigenvalue weighted by Gasteiger charge is 2.33. The van der Waals surface area contributed by atoms with Gasteiger partial charge in [-0.25, -0.2) is 0 Å². The molecule has 0 radical (unpaired) electrons. The van der Waals surface area contributed by atoms with Gasteiger partial charge >= 0.3 is 0 Å². The van der Waals surface area contributed by atoms with E-state index >= 15 is 0 Å². The van der Waals surface area contributed by atoms with Gasteiger partial charge in [0.25, 0.3) is 0 Å². The Bertz CT molecular complexity index is 166. The SMILES string of the molecule is C=CC(=O)C1(C)CCCCO1. The van der Waals surface area contributed by atoms with Gasteiger partial charge < -0.3 is 4.74 Å². The van der Waals surface area contributed by atoms with Gasteiger partial charge in [0, 0.05) is 6.61 Å². The van der Waals surface area contributed by atoms with E-state index in [0.717, 1.165) is 19.3 Å². The minimum atomic E-state index is -0.569. The number of ketones is 1. The second-order valence-corrected chi connectivity index (χ2v) is 3.10. The molecule has 0 aliphatic carbocycles. The molecule has 1 fully saturated rings. The minimum absolute atomic E-state index is 0.0113. The van der Waals surface area contributed by atoms with Gasteiger partial charge in [-0.3, -0.25) is 4.79 Å². The Balaban J connectivity index is 2.63. The Kier molecular flexibility index (Phi) is 2.45. The van der Waals surface area contributed by atoms with Gasteiger partial charge in [0.2, 0.25) is 0 Å². The van der Waals surface area contributed by atoms with Crippen molar-refractivity contribution in [3.05, 3.63) is 12.7 Å². The molecule has 0 amide bonds. The third-order valence-corrected chi connectivity index (χ3v) is 2.18. The van der Waals surface area contributed by atoms with Crippen LogP contribution in [0.5, 0.6) is 0 Å². The van der Waals surface area contributed by atoms with Crippen molar-refractivity contribution in [2.75, 3.05) is 6.61 Å². The molecule has 11 heavy (non-hydrogen) atoms. The Morgan fingerprint density at radius 1 is 1.64 bits per heavy atom. The molecule has 0 N–H and O–H groups in total. The number of carbonyl (C=O) groups is 1. The summed E-state index contributed by atoms with van der Waals surface area (Å²) >= 11 is 0. The van der Waals surface area contributed by atoms with Crippen molar-refractivity contribution in [2.24, 2.45) is 0 Å². The second-order valence-electron chi connectivity index (χ2n) is 3.10. The predicted octanol–water partition coefficient (Wildman–Crippen LogP) is 1.70. The van der Waals surface area contributed by atoms with E-state index in [4.69, 9.17) is 4.74 Å². The summed E-state index contributed by atoms with van der Waals surface area (Å²) in [6.07, 6.45) is 4.33. The van der Waals surface area contributed by atoms with Crippen LogP contribution >= 0.6 is 0 Å². The summed E-state index contributed by atoms with van der Waals surface area (Å²) in [7, 11) is 0. The fraction of sp³-hybridized carbons (Fsp3) is 0.667. The van der Waals surface area contributed by atoms with Gasteiger partial charge in [-0.2, -0.15) is 0 Å². The molecule has 1 rings (SSSR count). The molecule has 1 aliphatic heterocycles. The highest BCUT2D eigenvalue weighted by atomic mass is 16.5. The third-order valence-electron chi connectivity index (χ3n) is 2.18. The van der Waals surface area contributed by atoms with Gasteiger partial charge in [-0.05, 0) is 32.3 Å². The standard InChI is InChI=1S/C9H14O2/c1-3-8(10)9(2)6-4-5-7-11-9/h3H,1,4-7H2,2H3.